The zero-order valence-electron chi connectivity index (χ0n) is 16.2. The van der Waals surface area contributed by atoms with Crippen LogP contribution in [0.1, 0.15) is 22.4 Å². The Hall–Kier alpha value is -4.44. The fraction of sp³-hybridized carbons (Fsp3) is 0.0435. The lowest BCUT2D eigenvalue weighted by Gasteiger charge is -2.07. The van der Waals surface area contributed by atoms with Crippen molar-refractivity contribution in [2.24, 2.45) is 10.9 Å². The highest BCUT2D eigenvalue weighted by atomic mass is 16.4. The van der Waals surface area contributed by atoms with Crippen molar-refractivity contribution in [3.63, 3.8) is 0 Å². The Morgan fingerprint density at radius 2 is 1.83 bits per heavy atom. The van der Waals surface area contributed by atoms with Crippen molar-refractivity contribution in [3.8, 4) is 23.1 Å². The first-order chi connectivity index (χ1) is 14.5. The molecular weight excluding hydrogens is 376 g/mol. The predicted molar refractivity (Wildman–Crippen MR) is 117 cm³/mol. The summed E-state index contributed by atoms with van der Waals surface area (Å²) in [7, 11) is 0. The lowest BCUT2D eigenvalue weighted by atomic mass is 10.0. The number of benzene rings is 2. The number of nitrogens with two attached hydrogens (primary N) is 2. The Morgan fingerprint density at radius 3 is 2.60 bits per heavy atom. The first-order valence-electron chi connectivity index (χ1n) is 9.12. The van der Waals surface area contributed by atoms with Crippen LogP contribution in [0.2, 0.25) is 0 Å². The minimum absolute atomic E-state index is 0.0297. The lowest BCUT2D eigenvalue weighted by molar-refractivity contribution is 0.318. The molecule has 146 valence electrons. The Labute approximate surface area is 173 Å². The van der Waals surface area contributed by atoms with Gasteiger partial charge in [-0.05, 0) is 31.2 Å². The molecule has 4 rings (SSSR count). The van der Waals surface area contributed by atoms with Crippen molar-refractivity contribution >= 4 is 22.4 Å². The van der Waals surface area contributed by atoms with E-state index in [0.717, 1.165) is 38.9 Å². The molecule has 2 heterocycles. The lowest BCUT2D eigenvalue weighted by Crippen LogP contribution is -2.12. The Morgan fingerprint density at radius 1 is 0.967 bits per heavy atom. The van der Waals surface area contributed by atoms with Gasteiger partial charge >= 0.3 is 0 Å². The number of nitrogens with zero attached hydrogens (tertiary/aromatic N) is 4. The number of oxime groups is 1. The number of pyridine rings is 1. The molecule has 0 bridgehead atoms. The molecule has 2 aromatic carbocycles. The molecule has 0 saturated heterocycles. The van der Waals surface area contributed by atoms with Crippen LogP contribution in [-0.2, 0) is 0 Å². The van der Waals surface area contributed by atoms with Crippen LogP contribution in [0.4, 0.5) is 5.82 Å². The maximum Gasteiger partial charge on any atom is 0.170 e. The standard InChI is InChI=1S/C23H18N6O/c1-14-11-27-21(13-26-14)16-7-8-19-20(10-16)18(12-28-23(19)25)6-5-15-3-2-4-17(9-15)22(24)29-30/h2-4,7-13,30H,1H3,(H2,24,29)(H2,25,28). The molecule has 7 nitrogen and oxygen atoms in total. The van der Waals surface area contributed by atoms with Gasteiger partial charge in [-0.25, -0.2) is 4.98 Å². The maximum absolute atomic E-state index is 8.86. The third-order valence-electron chi connectivity index (χ3n) is 4.60. The average molecular weight is 394 g/mol. The molecule has 0 aliphatic heterocycles. The number of hydrogen-bond acceptors (Lipinski definition) is 6. The third-order valence-corrected chi connectivity index (χ3v) is 4.60. The normalized spacial score (nSPS) is 11.2. The summed E-state index contributed by atoms with van der Waals surface area (Å²) in [5.74, 6) is 6.73. The van der Waals surface area contributed by atoms with E-state index >= 15 is 0 Å². The van der Waals surface area contributed by atoms with Gasteiger partial charge in [-0.15, -0.1) is 0 Å². The summed E-state index contributed by atoms with van der Waals surface area (Å²) in [5.41, 5.74) is 16.3. The molecule has 2 aromatic heterocycles. The highest BCUT2D eigenvalue weighted by Gasteiger charge is 2.08. The van der Waals surface area contributed by atoms with Gasteiger partial charge in [-0.1, -0.05) is 35.2 Å². The van der Waals surface area contributed by atoms with Crippen molar-refractivity contribution < 1.29 is 5.21 Å². The van der Waals surface area contributed by atoms with Gasteiger partial charge in [0.05, 0.1) is 23.1 Å². The molecule has 0 fully saturated rings. The molecular formula is C23H18N6O. The quantitative estimate of drug-likeness (QED) is 0.158. The molecule has 4 aromatic rings. The van der Waals surface area contributed by atoms with E-state index in [2.05, 4.69) is 31.9 Å². The van der Waals surface area contributed by atoms with Gasteiger partial charge in [0.1, 0.15) is 5.82 Å². The van der Waals surface area contributed by atoms with E-state index in [0.29, 0.717) is 11.4 Å². The van der Waals surface area contributed by atoms with E-state index in [4.69, 9.17) is 16.7 Å². The number of rotatable bonds is 2. The molecule has 5 N–H and O–H groups in total. The minimum atomic E-state index is 0.0297. The van der Waals surface area contributed by atoms with Crippen molar-refractivity contribution in [1.29, 1.82) is 0 Å². The third kappa shape index (κ3) is 3.75. The first-order valence-corrected chi connectivity index (χ1v) is 9.12. The van der Waals surface area contributed by atoms with Gasteiger partial charge in [0.25, 0.3) is 0 Å². The first kappa shape index (κ1) is 18.9. The van der Waals surface area contributed by atoms with Crippen molar-refractivity contribution in [2.75, 3.05) is 5.73 Å². The van der Waals surface area contributed by atoms with E-state index in [1.165, 1.54) is 0 Å². The molecule has 0 amide bonds. The van der Waals surface area contributed by atoms with E-state index in [1.54, 1.807) is 36.8 Å². The Kier molecular flexibility index (Phi) is 4.97. The maximum atomic E-state index is 8.86. The van der Waals surface area contributed by atoms with Crippen LogP contribution in [0.25, 0.3) is 22.0 Å². The molecule has 0 aliphatic carbocycles. The van der Waals surface area contributed by atoms with E-state index in [9.17, 15) is 0 Å². The Bertz CT molecular complexity index is 1330. The average Bonchev–Trinajstić information content (AvgIpc) is 2.78. The summed E-state index contributed by atoms with van der Waals surface area (Å²) in [4.78, 5) is 13.0. The number of aryl methyl sites for hydroxylation is 1. The van der Waals surface area contributed by atoms with Crippen LogP contribution < -0.4 is 11.5 Å². The second-order valence-corrected chi connectivity index (χ2v) is 6.68. The second-order valence-electron chi connectivity index (χ2n) is 6.68. The van der Waals surface area contributed by atoms with Gasteiger partial charge in [0.15, 0.2) is 5.84 Å². The summed E-state index contributed by atoms with van der Waals surface area (Å²) >= 11 is 0. The van der Waals surface area contributed by atoms with Gasteiger partial charge in [-0.3, -0.25) is 9.97 Å². The number of aromatic nitrogens is 3. The molecule has 0 saturated carbocycles. The van der Waals surface area contributed by atoms with Crippen molar-refractivity contribution in [2.45, 2.75) is 6.92 Å². The van der Waals surface area contributed by atoms with Crippen LogP contribution in [0.15, 0.2) is 66.2 Å². The van der Waals surface area contributed by atoms with E-state index < -0.39 is 0 Å². The summed E-state index contributed by atoms with van der Waals surface area (Å²) in [5, 5.41) is 13.6. The van der Waals surface area contributed by atoms with Crippen LogP contribution in [0.5, 0.6) is 0 Å². The smallest absolute Gasteiger partial charge is 0.170 e. The molecule has 0 radical (unpaired) electrons. The molecule has 0 atom stereocenters. The molecule has 30 heavy (non-hydrogen) atoms. The van der Waals surface area contributed by atoms with E-state index in [-0.39, 0.29) is 5.84 Å². The number of fused-ring (bicyclic) bond motifs is 1. The highest BCUT2D eigenvalue weighted by Crippen LogP contribution is 2.27. The molecule has 0 spiro atoms. The van der Waals surface area contributed by atoms with Crippen LogP contribution in [0.3, 0.4) is 0 Å². The molecule has 7 heteroatoms. The minimum Gasteiger partial charge on any atom is -0.409 e. The summed E-state index contributed by atoms with van der Waals surface area (Å²) < 4.78 is 0. The van der Waals surface area contributed by atoms with Gasteiger partial charge in [-0.2, -0.15) is 0 Å². The summed E-state index contributed by atoms with van der Waals surface area (Å²) in [6.07, 6.45) is 5.13. The largest absolute Gasteiger partial charge is 0.409 e. The summed E-state index contributed by atoms with van der Waals surface area (Å²) in [6, 6.07) is 13.0. The predicted octanol–water partition coefficient (Wildman–Crippen LogP) is 3.08. The highest BCUT2D eigenvalue weighted by molar-refractivity contribution is 5.98. The number of amidine groups is 1. The van der Waals surface area contributed by atoms with Crippen molar-refractivity contribution in [1.82, 2.24) is 15.0 Å². The van der Waals surface area contributed by atoms with Crippen LogP contribution in [-0.4, -0.2) is 26.0 Å². The zero-order chi connectivity index (χ0) is 21.1. The van der Waals surface area contributed by atoms with Crippen molar-refractivity contribution in [3.05, 3.63) is 83.4 Å². The number of anilines is 1. The number of hydrogen-bond donors (Lipinski definition) is 3. The monoisotopic (exact) mass is 394 g/mol. The van der Waals surface area contributed by atoms with Gasteiger partial charge in [0.2, 0.25) is 0 Å². The fourth-order valence-electron chi connectivity index (χ4n) is 3.02. The van der Waals surface area contributed by atoms with Gasteiger partial charge in [0, 0.05) is 39.9 Å². The Balaban J connectivity index is 1.80. The fourth-order valence-corrected chi connectivity index (χ4v) is 3.02. The number of nitrogen functional groups attached to an aromatic ring is 1. The zero-order valence-corrected chi connectivity index (χ0v) is 16.2. The second kappa shape index (κ2) is 7.89. The molecule has 0 unspecified atom stereocenters. The van der Waals surface area contributed by atoms with E-state index in [1.807, 2.05) is 31.2 Å². The van der Waals surface area contributed by atoms with Gasteiger partial charge < -0.3 is 16.7 Å². The summed E-state index contributed by atoms with van der Waals surface area (Å²) in [6.45, 7) is 1.90. The van der Waals surface area contributed by atoms with Crippen LogP contribution in [0, 0.1) is 18.8 Å². The molecule has 0 aliphatic rings. The topological polar surface area (TPSA) is 123 Å². The van der Waals surface area contributed by atoms with Crippen LogP contribution >= 0.6 is 0 Å². The SMILES string of the molecule is Cc1cnc(-c2ccc3c(N)ncc(C#Cc4cccc(C(N)=NO)c4)c3c2)cn1.